The highest BCUT2D eigenvalue weighted by Gasteiger charge is 2.24. The average Bonchev–Trinajstić information content (AvgIpc) is 2.67. The maximum absolute atomic E-state index is 13.0. The van der Waals surface area contributed by atoms with Crippen molar-refractivity contribution in [3.63, 3.8) is 0 Å². The van der Waals surface area contributed by atoms with Gasteiger partial charge in [0.1, 0.15) is 5.82 Å². The lowest BCUT2D eigenvalue weighted by molar-refractivity contribution is -0.123. The number of rotatable bonds is 8. The standard InChI is InChI=1S/C19H23FN2O5S/c1-12(14-5-7-15(20)8-6-14)21-19(23)13(2)22-28(24,25)16-9-10-17(26-3)18(11-16)27-4/h5-13,22H,1-4H3,(H,21,23). The first kappa shape index (κ1) is 21.6. The summed E-state index contributed by atoms with van der Waals surface area (Å²) >= 11 is 0. The van der Waals surface area contributed by atoms with E-state index in [0.717, 1.165) is 0 Å². The third-order valence-electron chi connectivity index (χ3n) is 4.12. The van der Waals surface area contributed by atoms with Crippen LogP contribution in [-0.2, 0) is 14.8 Å². The van der Waals surface area contributed by atoms with E-state index in [1.807, 2.05) is 0 Å². The molecule has 1 amide bonds. The fourth-order valence-corrected chi connectivity index (χ4v) is 3.73. The van der Waals surface area contributed by atoms with Gasteiger partial charge in [-0.25, -0.2) is 12.8 Å². The van der Waals surface area contributed by atoms with E-state index in [2.05, 4.69) is 10.0 Å². The van der Waals surface area contributed by atoms with Gasteiger partial charge in [0, 0.05) is 6.07 Å². The number of carbonyl (C=O) groups is 1. The van der Waals surface area contributed by atoms with Crippen molar-refractivity contribution >= 4 is 15.9 Å². The predicted octanol–water partition coefficient (Wildman–Crippen LogP) is 2.39. The Balaban J connectivity index is 2.08. The molecular weight excluding hydrogens is 387 g/mol. The van der Waals surface area contributed by atoms with Gasteiger partial charge in [0.15, 0.2) is 11.5 Å². The molecule has 0 bridgehead atoms. The smallest absolute Gasteiger partial charge is 0.241 e. The van der Waals surface area contributed by atoms with Gasteiger partial charge in [0.2, 0.25) is 15.9 Å². The average molecular weight is 410 g/mol. The van der Waals surface area contributed by atoms with Crippen LogP contribution in [0.25, 0.3) is 0 Å². The molecule has 0 aliphatic rings. The van der Waals surface area contributed by atoms with Crippen molar-refractivity contribution in [1.29, 1.82) is 0 Å². The second-order valence-corrected chi connectivity index (χ2v) is 7.86. The number of amides is 1. The molecule has 0 heterocycles. The SMILES string of the molecule is COc1ccc(S(=O)(=O)NC(C)C(=O)NC(C)c2ccc(F)cc2)cc1OC. The van der Waals surface area contributed by atoms with Crippen LogP contribution in [0.4, 0.5) is 4.39 Å². The van der Waals surface area contributed by atoms with Crippen molar-refractivity contribution in [3.8, 4) is 11.5 Å². The number of nitrogens with one attached hydrogen (secondary N) is 2. The lowest BCUT2D eigenvalue weighted by Crippen LogP contribution is -2.45. The van der Waals surface area contributed by atoms with Crippen molar-refractivity contribution in [3.05, 3.63) is 53.8 Å². The van der Waals surface area contributed by atoms with Crippen LogP contribution in [0.1, 0.15) is 25.5 Å². The number of hydrogen-bond donors (Lipinski definition) is 2. The largest absolute Gasteiger partial charge is 0.493 e. The molecule has 0 aromatic heterocycles. The van der Waals surface area contributed by atoms with E-state index in [-0.39, 0.29) is 16.5 Å². The number of carbonyl (C=O) groups excluding carboxylic acids is 1. The first-order valence-corrected chi connectivity index (χ1v) is 9.96. The Hall–Kier alpha value is -2.65. The number of hydrogen-bond acceptors (Lipinski definition) is 5. The molecule has 2 aromatic carbocycles. The van der Waals surface area contributed by atoms with E-state index in [1.54, 1.807) is 19.1 Å². The highest BCUT2D eigenvalue weighted by molar-refractivity contribution is 7.89. The van der Waals surface area contributed by atoms with Crippen LogP contribution in [0.5, 0.6) is 11.5 Å². The van der Waals surface area contributed by atoms with Crippen molar-refractivity contribution in [2.45, 2.75) is 30.8 Å². The Morgan fingerprint density at radius 3 is 2.18 bits per heavy atom. The Kier molecular flexibility index (Phi) is 6.98. The molecule has 0 spiro atoms. The van der Waals surface area contributed by atoms with Crippen LogP contribution < -0.4 is 19.5 Å². The summed E-state index contributed by atoms with van der Waals surface area (Å²) in [6.07, 6.45) is 0. The van der Waals surface area contributed by atoms with Crippen molar-refractivity contribution < 1.29 is 27.1 Å². The summed E-state index contributed by atoms with van der Waals surface area (Å²) in [5.41, 5.74) is 0.699. The zero-order valence-corrected chi connectivity index (χ0v) is 16.8. The minimum atomic E-state index is -3.96. The number of ether oxygens (including phenoxy) is 2. The summed E-state index contributed by atoms with van der Waals surface area (Å²) in [7, 11) is -1.12. The van der Waals surface area contributed by atoms with E-state index < -0.39 is 28.0 Å². The van der Waals surface area contributed by atoms with Crippen molar-refractivity contribution in [1.82, 2.24) is 10.0 Å². The maximum Gasteiger partial charge on any atom is 0.241 e. The second kappa shape index (κ2) is 9.03. The quantitative estimate of drug-likeness (QED) is 0.697. The molecule has 7 nitrogen and oxygen atoms in total. The Morgan fingerprint density at radius 2 is 1.61 bits per heavy atom. The molecule has 2 atom stereocenters. The fraction of sp³-hybridized carbons (Fsp3) is 0.316. The van der Waals surface area contributed by atoms with Gasteiger partial charge in [-0.1, -0.05) is 12.1 Å². The van der Waals surface area contributed by atoms with Gasteiger partial charge in [-0.3, -0.25) is 4.79 Å². The minimum absolute atomic E-state index is 0.0589. The van der Waals surface area contributed by atoms with E-state index in [9.17, 15) is 17.6 Å². The number of benzene rings is 2. The summed E-state index contributed by atoms with van der Waals surface area (Å²) in [4.78, 5) is 12.3. The van der Waals surface area contributed by atoms with E-state index >= 15 is 0 Å². The summed E-state index contributed by atoms with van der Waals surface area (Å²) in [6, 6.07) is 8.39. The second-order valence-electron chi connectivity index (χ2n) is 6.14. The Bertz CT molecular complexity index is 932. The van der Waals surface area contributed by atoms with Crippen LogP contribution in [0.2, 0.25) is 0 Å². The predicted molar refractivity (Wildman–Crippen MR) is 102 cm³/mol. The van der Waals surface area contributed by atoms with Gasteiger partial charge in [-0.2, -0.15) is 4.72 Å². The van der Waals surface area contributed by atoms with E-state index in [0.29, 0.717) is 11.3 Å². The van der Waals surface area contributed by atoms with Gasteiger partial charge in [-0.15, -0.1) is 0 Å². The molecule has 2 aromatic rings. The maximum atomic E-state index is 13.0. The molecule has 0 fully saturated rings. The monoisotopic (exact) mass is 410 g/mol. The Morgan fingerprint density at radius 1 is 1.00 bits per heavy atom. The van der Waals surface area contributed by atoms with Gasteiger partial charge in [0.05, 0.1) is 31.2 Å². The molecular formula is C19H23FN2O5S. The van der Waals surface area contributed by atoms with E-state index in [1.165, 1.54) is 51.5 Å². The first-order chi connectivity index (χ1) is 13.2. The topological polar surface area (TPSA) is 93.7 Å². The zero-order chi connectivity index (χ0) is 20.9. The molecule has 9 heteroatoms. The van der Waals surface area contributed by atoms with Crippen LogP contribution >= 0.6 is 0 Å². The summed E-state index contributed by atoms with van der Waals surface area (Å²) in [5.74, 6) is -0.244. The van der Waals surface area contributed by atoms with Crippen molar-refractivity contribution in [2.24, 2.45) is 0 Å². The molecule has 0 radical (unpaired) electrons. The highest BCUT2D eigenvalue weighted by atomic mass is 32.2. The van der Waals surface area contributed by atoms with Crippen LogP contribution in [0.3, 0.4) is 0 Å². The molecule has 2 rings (SSSR count). The van der Waals surface area contributed by atoms with Crippen LogP contribution in [0, 0.1) is 5.82 Å². The number of sulfonamides is 1. The van der Waals surface area contributed by atoms with Gasteiger partial charge in [-0.05, 0) is 43.7 Å². The molecule has 0 saturated carbocycles. The van der Waals surface area contributed by atoms with Gasteiger partial charge in [0.25, 0.3) is 0 Å². The molecule has 0 saturated heterocycles. The first-order valence-electron chi connectivity index (χ1n) is 8.48. The third kappa shape index (κ3) is 5.20. The summed E-state index contributed by atoms with van der Waals surface area (Å²) < 4.78 is 50.7. The molecule has 152 valence electrons. The summed E-state index contributed by atoms with van der Waals surface area (Å²) in [6.45, 7) is 3.16. The minimum Gasteiger partial charge on any atom is -0.493 e. The Labute approximate surface area is 163 Å². The molecule has 28 heavy (non-hydrogen) atoms. The highest BCUT2D eigenvalue weighted by Crippen LogP contribution is 2.29. The van der Waals surface area contributed by atoms with Gasteiger partial charge < -0.3 is 14.8 Å². The zero-order valence-electron chi connectivity index (χ0n) is 16.0. The molecule has 2 unspecified atom stereocenters. The van der Waals surface area contributed by atoms with Crippen LogP contribution in [0.15, 0.2) is 47.4 Å². The van der Waals surface area contributed by atoms with Crippen molar-refractivity contribution in [2.75, 3.05) is 14.2 Å². The lowest BCUT2D eigenvalue weighted by Gasteiger charge is -2.19. The molecule has 2 N–H and O–H groups in total. The lowest BCUT2D eigenvalue weighted by atomic mass is 10.1. The third-order valence-corrected chi connectivity index (χ3v) is 5.66. The van der Waals surface area contributed by atoms with E-state index in [4.69, 9.17) is 9.47 Å². The molecule has 0 aliphatic carbocycles. The fourth-order valence-electron chi connectivity index (χ4n) is 2.51. The normalized spacial score (nSPS) is 13.5. The number of halogens is 1. The number of methoxy groups -OCH3 is 2. The van der Waals surface area contributed by atoms with Gasteiger partial charge >= 0.3 is 0 Å². The van der Waals surface area contributed by atoms with Crippen LogP contribution in [-0.4, -0.2) is 34.6 Å². The molecule has 0 aliphatic heterocycles. The summed E-state index contributed by atoms with van der Waals surface area (Å²) in [5, 5.41) is 2.70.